The molecule has 1 fully saturated rings. The molecule has 0 amide bonds. The van der Waals surface area contributed by atoms with Gasteiger partial charge in [0.05, 0.1) is 6.04 Å². The molecule has 110 valence electrons. The van der Waals surface area contributed by atoms with Crippen LogP contribution < -0.4 is 5.32 Å². The van der Waals surface area contributed by atoms with Gasteiger partial charge in [0.15, 0.2) is 0 Å². The fraction of sp³-hybridized carbons (Fsp3) is 0.312. The van der Waals surface area contributed by atoms with E-state index in [1.165, 1.54) is 12.1 Å². The van der Waals surface area contributed by atoms with Crippen molar-refractivity contribution in [2.45, 2.75) is 6.04 Å². The van der Waals surface area contributed by atoms with Gasteiger partial charge >= 0.3 is 0 Å². The first-order valence-corrected chi connectivity index (χ1v) is 7.05. The van der Waals surface area contributed by atoms with Crippen molar-refractivity contribution in [3.8, 4) is 0 Å². The summed E-state index contributed by atoms with van der Waals surface area (Å²) >= 11 is 0. The first kappa shape index (κ1) is 14.1. The Hall–Kier alpha value is -1.85. The van der Waals surface area contributed by atoms with E-state index in [1.807, 2.05) is 12.1 Å². The maximum Gasteiger partial charge on any atom is 0.131 e. The summed E-state index contributed by atoms with van der Waals surface area (Å²) in [6, 6.07) is 7.36. The summed E-state index contributed by atoms with van der Waals surface area (Å²) < 4.78 is 27.4. The van der Waals surface area contributed by atoms with Gasteiger partial charge in [0, 0.05) is 50.2 Å². The van der Waals surface area contributed by atoms with Crippen LogP contribution in [0.1, 0.15) is 17.2 Å². The third-order valence-electron chi connectivity index (χ3n) is 3.80. The molecule has 2 heterocycles. The number of pyridine rings is 1. The molecular weight excluding hydrogens is 272 g/mol. The number of benzene rings is 1. The molecule has 1 unspecified atom stereocenters. The van der Waals surface area contributed by atoms with E-state index in [-0.39, 0.29) is 6.04 Å². The molecule has 0 radical (unpaired) electrons. The average molecular weight is 289 g/mol. The van der Waals surface area contributed by atoms with Crippen molar-refractivity contribution in [3.05, 3.63) is 65.5 Å². The molecular formula is C16H17F2N3. The molecule has 0 spiro atoms. The number of nitrogens with zero attached hydrogens (tertiary/aromatic N) is 2. The molecule has 21 heavy (non-hydrogen) atoms. The largest absolute Gasteiger partial charge is 0.314 e. The Morgan fingerprint density at radius 2 is 1.76 bits per heavy atom. The molecule has 1 aromatic carbocycles. The van der Waals surface area contributed by atoms with Crippen LogP contribution in [-0.4, -0.2) is 36.1 Å². The highest BCUT2D eigenvalue weighted by Crippen LogP contribution is 2.30. The molecule has 3 rings (SSSR count). The third kappa shape index (κ3) is 3.09. The summed E-state index contributed by atoms with van der Waals surface area (Å²) in [5.74, 6) is -1.06. The van der Waals surface area contributed by atoms with E-state index < -0.39 is 11.6 Å². The first-order chi connectivity index (χ1) is 10.3. The van der Waals surface area contributed by atoms with Crippen LogP contribution >= 0.6 is 0 Å². The van der Waals surface area contributed by atoms with E-state index >= 15 is 0 Å². The van der Waals surface area contributed by atoms with Crippen LogP contribution in [-0.2, 0) is 0 Å². The van der Waals surface area contributed by atoms with Gasteiger partial charge in [-0.15, -0.1) is 0 Å². The number of rotatable bonds is 3. The molecule has 1 aromatic heterocycles. The number of aromatic nitrogens is 1. The Balaban J connectivity index is 2.02. The number of piperazine rings is 1. The summed E-state index contributed by atoms with van der Waals surface area (Å²) in [6.45, 7) is 3.38. The summed E-state index contributed by atoms with van der Waals surface area (Å²) in [7, 11) is 0. The van der Waals surface area contributed by atoms with E-state index in [2.05, 4.69) is 15.2 Å². The highest BCUT2D eigenvalue weighted by molar-refractivity contribution is 5.32. The molecule has 1 aliphatic rings. The molecule has 0 bridgehead atoms. The van der Waals surface area contributed by atoms with Crippen molar-refractivity contribution in [2.24, 2.45) is 0 Å². The van der Waals surface area contributed by atoms with E-state index in [4.69, 9.17) is 0 Å². The average Bonchev–Trinajstić information content (AvgIpc) is 2.52. The quantitative estimate of drug-likeness (QED) is 0.940. The van der Waals surface area contributed by atoms with Crippen LogP contribution in [0, 0.1) is 11.6 Å². The Kier molecular flexibility index (Phi) is 4.22. The van der Waals surface area contributed by atoms with Crippen LogP contribution in [0.2, 0.25) is 0 Å². The molecule has 1 saturated heterocycles. The summed E-state index contributed by atoms with van der Waals surface area (Å²) in [4.78, 5) is 6.23. The second-order valence-electron chi connectivity index (χ2n) is 5.13. The number of hydrogen-bond acceptors (Lipinski definition) is 3. The van der Waals surface area contributed by atoms with Gasteiger partial charge in [0.2, 0.25) is 0 Å². The van der Waals surface area contributed by atoms with Crippen molar-refractivity contribution in [3.63, 3.8) is 0 Å². The van der Waals surface area contributed by atoms with Crippen LogP contribution in [0.5, 0.6) is 0 Å². The highest BCUT2D eigenvalue weighted by Gasteiger charge is 2.26. The Morgan fingerprint density at radius 1 is 1.05 bits per heavy atom. The molecule has 3 nitrogen and oxygen atoms in total. The fourth-order valence-corrected chi connectivity index (χ4v) is 2.80. The van der Waals surface area contributed by atoms with Crippen molar-refractivity contribution in [1.29, 1.82) is 0 Å². The van der Waals surface area contributed by atoms with Crippen molar-refractivity contribution in [1.82, 2.24) is 15.2 Å². The van der Waals surface area contributed by atoms with Gasteiger partial charge in [0.25, 0.3) is 0 Å². The minimum Gasteiger partial charge on any atom is -0.314 e. The smallest absolute Gasteiger partial charge is 0.131 e. The molecule has 0 aliphatic carbocycles. The van der Waals surface area contributed by atoms with E-state index in [1.54, 1.807) is 12.4 Å². The lowest BCUT2D eigenvalue weighted by Crippen LogP contribution is -2.45. The van der Waals surface area contributed by atoms with E-state index in [9.17, 15) is 8.78 Å². The zero-order valence-electron chi connectivity index (χ0n) is 11.6. The molecule has 1 N–H and O–H groups in total. The topological polar surface area (TPSA) is 28.2 Å². The zero-order valence-corrected chi connectivity index (χ0v) is 11.6. The van der Waals surface area contributed by atoms with E-state index in [0.29, 0.717) is 5.56 Å². The number of nitrogens with one attached hydrogen (secondary N) is 1. The third-order valence-corrected chi connectivity index (χ3v) is 3.80. The van der Waals surface area contributed by atoms with Crippen LogP contribution in [0.4, 0.5) is 8.78 Å². The number of hydrogen-bond donors (Lipinski definition) is 1. The standard InChI is InChI=1S/C16H17F2N3/c17-13-1-2-14(15(18)11-13)16(12-3-5-19-6-4-12)21-9-7-20-8-10-21/h1-6,11,16,20H,7-10H2. The SMILES string of the molecule is Fc1ccc(C(c2ccncc2)N2CCNCC2)c(F)c1. The Morgan fingerprint density at radius 3 is 2.43 bits per heavy atom. The van der Waals surface area contributed by atoms with Gasteiger partial charge in [-0.05, 0) is 23.8 Å². The van der Waals surface area contributed by atoms with Gasteiger partial charge in [0.1, 0.15) is 11.6 Å². The monoisotopic (exact) mass is 289 g/mol. The van der Waals surface area contributed by atoms with Gasteiger partial charge in [-0.2, -0.15) is 0 Å². The minimum absolute atomic E-state index is 0.212. The molecule has 0 saturated carbocycles. The second-order valence-corrected chi connectivity index (χ2v) is 5.13. The van der Waals surface area contributed by atoms with Gasteiger partial charge in [-0.1, -0.05) is 6.07 Å². The summed E-state index contributed by atoms with van der Waals surface area (Å²) in [5, 5.41) is 3.29. The zero-order chi connectivity index (χ0) is 14.7. The van der Waals surface area contributed by atoms with Crippen molar-refractivity contribution >= 4 is 0 Å². The normalized spacial score (nSPS) is 17.6. The molecule has 2 aromatic rings. The molecule has 5 heteroatoms. The lowest BCUT2D eigenvalue weighted by molar-refractivity contribution is 0.195. The van der Waals surface area contributed by atoms with Gasteiger partial charge in [-0.3, -0.25) is 9.88 Å². The minimum atomic E-state index is -0.551. The lowest BCUT2D eigenvalue weighted by Gasteiger charge is -2.35. The van der Waals surface area contributed by atoms with Crippen LogP contribution in [0.15, 0.2) is 42.7 Å². The second kappa shape index (κ2) is 6.28. The predicted molar refractivity (Wildman–Crippen MR) is 76.9 cm³/mol. The molecule has 1 aliphatic heterocycles. The van der Waals surface area contributed by atoms with E-state index in [0.717, 1.165) is 37.8 Å². The lowest BCUT2D eigenvalue weighted by atomic mass is 9.96. The van der Waals surface area contributed by atoms with Gasteiger partial charge in [-0.25, -0.2) is 8.78 Å². The molecule has 1 atom stereocenters. The fourth-order valence-electron chi connectivity index (χ4n) is 2.80. The Labute approximate surface area is 122 Å². The summed E-state index contributed by atoms with van der Waals surface area (Å²) in [5.41, 5.74) is 1.47. The maximum atomic E-state index is 14.2. The van der Waals surface area contributed by atoms with Crippen molar-refractivity contribution in [2.75, 3.05) is 26.2 Å². The Bertz CT molecular complexity index is 598. The van der Waals surface area contributed by atoms with Crippen LogP contribution in [0.3, 0.4) is 0 Å². The van der Waals surface area contributed by atoms with Crippen LogP contribution in [0.25, 0.3) is 0 Å². The number of halogens is 2. The first-order valence-electron chi connectivity index (χ1n) is 7.05. The predicted octanol–water partition coefficient (Wildman–Crippen LogP) is 2.35. The maximum absolute atomic E-state index is 14.2. The van der Waals surface area contributed by atoms with Gasteiger partial charge < -0.3 is 5.32 Å². The highest BCUT2D eigenvalue weighted by atomic mass is 19.1. The summed E-state index contributed by atoms with van der Waals surface area (Å²) in [6.07, 6.45) is 3.40. The van der Waals surface area contributed by atoms with Crippen molar-refractivity contribution < 1.29 is 8.78 Å².